The van der Waals surface area contributed by atoms with E-state index in [4.69, 9.17) is 9.47 Å². The number of hydrogen-bond donors (Lipinski definition) is 2. The van der Waals surface area contributed by atoms with Gasteiger partial charge < -0.3 is 19.7 Å². The van der Waals surface area contributed by atoms with Crippen LogP contribution in [0.2, 0.25) is 0 Å². The van der Waals surface area contributed by atoms with E-state index in [1.54, 1.807) is 0 Å². The predicted molar refractivity (Wildman–Crippen MR) is 150 cm³/mol. The zero-order chi connectivity index (χ0) is 28.1. The molecule has 2 atom stereocenters. The molecule has 6 nitrogen and oxygen atoms in total. The highest BCUT2D eigenvalue weighted by molar-refractivity contribution is 5.89. The van der Waals surface area contributed by atoms with Crippen LogP contribution in [0.1, 0.15) is 57.6 Å². The van der Waals surface area contributed by atoms with Gasteiger partial charge in [0.25, 0.3) is 0 Å². The second-order valence-electron chi connectivity index (χ2n) is 9.86. The van der Waals surface area contributed by atoms with Crippen LogP contribution in [0.3, 0.4) is 0 Å². The number of aryl methyl sites for hydroxylation is 2. The molecule has 0 aliphatic rings. The molecule has 6 heteroatoms. The van der Waals surface area contributed by atoms with Crippen molar-refractivity contribution in [3.63, 3.8) is 0 Å². The maximum Gasteiger partial charge on any atom is 0.336 e. The number of aliphatic hydroxyl groups excluding tert-OH is 2. The van der Waals surface area contributed by atoms with Crippen molar-refractivity contribution < 1.29 is 29.3 Å². The lowest BCUT2D eigenvalue weighted by Gasteiger charge is -2.19. The summed E-state index contributed by atoms with van der Waals surface area (Å²) in [5, 5.41) is 19.1. The summed E-state index contributed by atoms with van der Waals surface area (Å²) in [6.07, 6.45) is 4.06. The summed E-state index contributed by atoms with van der Waals surface area (Å²) in [5.74, 6) is -1.66. The highest BCUT2D eigenvalue weighted by Crippen LogP contribution is 2.22. The minimum Gasteiger partial charge on any atom is -0.462 e. The van der Waals surface area contributed by atoms with Gasteiger partial charge in [-0.25, -0.2) is 9.59 Å². The Morgan fingerprint density at radius 1 is 0.737 bits per heavy atom. The number of ether oxygens (including phenoxy) is 2. The second kappa shape index (κ2) is 15.9. The summed E-state index contributed by atoms with van der Waals surface area (Å²) in [4.78, 5) is 24.2. The van der Waals surface area contributed by atoms with E-state index in [9.17, 15) is 19.8 Å². The normalized spacial score (nSPS) is 13.3. The number of esters is 2. The molecule has 206 valence electrons. The van der Waals surface area contributed by atoms with Crippen molar-refractivity contribution in [3.05, 3.63) is 84.0 Å². The van der Waals surface area contributed by atoms with Crippen molar-refractivity contribution in [3.8, 4) is 11.1 Å². The van der Waals surface area contributed by atoms with E-state index < -0.39 is 24.1 Å². The molecular formula is C32H42O6. The Hall–Kier alpha value is -3.22. The number of benzene rings is 2. The Morgan fingerprint density at radius 2 is 1.16 bits per heavy atom. The van der Waals surface area contributed by atoms with Crippen LogP contribution >= 0.6 is 0 Å². The van der Waals surface area contributed by atoms with Crippen LogP contribution in [-0.2, 0) is 31.9 Å². The van der Waals surface area contributed by atoms with Crippen LogP contribution in [-0.4, -0.2) is 47.6 Å². The van der Waals surface area contributed by atoms with Crippen molar-refractivity contribution in [2.75, 3.05) is 13.2 Å². The van der Waals surface area contributed by atoms with Gasteiger partial charge in [0.1, 0.15) is 0 Å². The minimum atomic E-state index is -1.01. The lowest BCUT2D eigenvalue weighted by Crippen LogP contribution is -2.25. The molecule has 0 aliphatic carbocycles. The Morgan fingerprint density at radius 3 is 1.55 bits per heavy atom. The summed E-state index contributed by atoms with van der Waals surface area (Å²) in [7, 11) is 0. The molecule has 2 aromatic carbocycles. The summed E-state index contributed by atoms with van der Waals surface area (Å²) >= 11 is 0. The molecule has 0 amide bonds. The smallest absolute Gasteiger partial charge is 0.336 e. The minimum absolute atomic E-state index is 0.00168. The first-order chi connectivity index (χ1) is 18.1. The third-order valence-corrected chi connectivity index (χ3v) is 6.58. The maximum absolute atomic E-state index is 12.1. The van der Waals surface area contributed by atoms with E-state index in [0.717, 1.165) is 17.5 Å². The zero-order valence-corrected chi connectivity index (χ0v) is 22.9. The van der Waals surface area contributed by atoms with Gasteiger partial charge in [-0.2, -0.15) is 0 Å². The summed E-state index contributed by atoms with van der Waals surface area (Å²) in [5.41, 5.74) is 4.71. The van der Waals surface area contributed by atoms with Gasteiger partial charge >= 0.3 is 11.9 Å². The molecule has 0 aliphatic heterocycles. The molecule has 0 heterocycles. The fourth-order valence-corrected chi connectivity index (χ4v) is 3.81. The lowest BCUT2D eigenvalue weighted by atomic mass is 9.97. The number of carbonyl (C=O) groups is 2. The molecule has 0 aromatic heterocycles. The molecule has 2 rings (SSSR count). The predicted octanol–water partition coefficient (Wildman–Crippen LogP) is 5.60. The van der Waals surface area contributed by atoms with Crippen molar-refractivity contribution in [1.29, 1.82) is 0 Å². The number of hydrogen-bond acceptors (Lipinski definition) is 6. The van der Waals surface area contributed by atoms with E-state index in [1.165, 1.54) is 44.2 Å². The van der Waals surface area contributed by atoms with Crippen molar-refractivity contribution in [2.45, 2.75) is 71.5 Å². The molecule has 0 radical (unpaired) electrons. The highest BCUT2D eigenvalue weighted by atomic mass is 16.5. The van der Waals surface area contributed by atoms with Gasteiger partial charge in [-0.05, 0) is 61.8 Å². The Labute approximate surface area is 227 Å². The van der Waals surface area contributed by atoms with Crippen LogP contribution < -0.4 is 0 Å². The van der Waals surface area contributed by atoms with Crippen molar-refractivity contribution >= 4 is 11.9 Å². The number of unbranched alkanes of at least 4 members (excludes halogenated alkanes) is 2. The first kappa shape index (κ1) is 31.0. The monoisotopic (exact) mass is 522 g/mol. The molecular weight excluding hydrogens is 480 g/mol. The second-order valence-corrected chi connectivity index (χ2v) is 9.86. The third kappa shape index (κ3) is 10.3. The van der Waals surface area contributed by atoms with Crippen LogP contribution in [0.25, 0.3) is 11.1 Å². The van der Waals surface area contributed by atoms with Gasteiger partial charge in [0.15, 0.2) is 0 Å². The average molecular weight is 523 g/mol. The molecule has 2 aromatic rings. The third-order valence-electron chi connectivity index (χ3n) is 6.58. The fraction of sp³-hybridized carbons (Fsp3) is 0.438. The Bertz CT molecular complexity index is 1010. The topological polar surface area (TPSA) is 93.1 Å². The van der Waals surface area contributed by atoms with Crippen LogP contribution in [0.4, 0.5) is 0 Å². The standard InChI is InChI=1S/C32H42O6/c1-6-7-8-9-26-12-16-29(17-13-26)30-18-14-27(15-19-30)10-11-28(20-37-31(35)22(2)24(4)33)21-38-32(36)23(3)25(5)34/h12-19,24-25,28,33-34H,2-3,6-11,20-21H2,1,4-5H3. The summed E-state index contributed by atoms with van der Waals surface area (Å²) in [6, 6.07) is 17.1. The van der Waals surface area contributed by atoms with Crippen LogP contribution in [0, 0.1) is 5.92 Å². The maximum atomic E-state index is 12.1. The van der Waals surface area contributed by atoms with E-state index in [2.05, 4.69) is 68.6 Å². The number of rotatable bonds is 16. The quantitative estimate of drug-likeness (QED) is 0.169. The Kier molecular flexibility index (Phi) is 13.0. The van der Waals surface area contributed by atoms with Gasteiger partial charge in [-0.1, -0.05) is 81.5 Å². The van der Waals surface area contributed by atoms with E-state index >= 15 is 0 Å². The van der Waals surface area contributed by atoms with Crippen LogP contribution in [0.15, 0.2) is 72.8 Å². The van der Waals surface area contributed by atoms with E-state index in [0.29, 0.717) is 12.8 Å². The molecule has 0 fully saturated rings. The van der Waals surface area contributed by atoms with Gasteiger partial charge in [-0.3, -0.25) is 0 Å². The lowest BCUT2D eigenvalue weighted by molar-refractivity contribution is -0.145. The zero-order valence-electron chi connectivity index (χ0n) is 22.9. The van der Waals surface area contributed by atoms with E-state index in [-0.39, 0.29) is 30.3 Å². The molecule has 0 spiro atoms. The molecule has 38 heavy (non-hydrogen) atoms. The average Bonchev–Trinajstić information content (AvgIpc) is 2.92. The molecule has 0 saturated heterocycles. The SMILES string of the molecule is C=C(C(=O)OCC(CCc1ccc(-c2ccc(CCCCC)cc2)cc1)COC(=O)C(=C)C(C)O)C(C)O. The Balaban J connectivity index is 1.98. The number of aliphatic hydroxyl groups is 2. The summed E-state index contributed by atoms with van der Waals surface area (Å²) in [6.45, 7) is 12.2. The molecule has 0 saturated carbocycles. The first-order valence-corrected chi connectivity index (χ1v) is 13.4. The first-order valence-electron chi connectivity index (χ1n) is 13.4. The summed E-state index contributed by atoms with van der Waals surface area (Å²) < 4.78 is 10.6. The largest absolute Gasteiger partial charge is 0.462 e. The molecule has 0 bridgehead atoms. The highest BCUT2D eigenvalue weighted by Gasteiger charge is 2.20. The number of carbonyl (C=O) groups excluding carboxylic acids is 2. The molecule has 2 unspecified atom stereocenters. The van der Waals surface area contributed by atoms with Gasteiger partial charge in [0, 0.05) is 5.92 Å². The van der Waals surface area contributed by atoms with Gasteiger partial charge in [0.2, 0.25) is 0 Å². The van der Waals surface area contributed by atoms with Crippen LogP contribution in [0.5, 0.6) is 0 Å². The van der Waals surface area contributed by atoms with Crippen molar-refractivity contribution in [2.24, 2.45) is 5.92 Å². The van der Waals surface area contributed by atoms with Gasteiger partial charge in [0.05, 0.1) is 36.6 Å². The fourth-order valence-electron chi connectivity index (χ4n) is 3.81. The molecule has 2 N–H and O–H groups in total. The van der Waals surface area contributed by atoms with Gasteiger partial charge in [-0.15, -0.1) is 0 Å². The van der Waals surface area contributed by atoms with Crippen molar-refractivity contribution in [1.82, 2.24) is 0 Å². The van der Waals surface area contributed by atoms with E-state index in [1.807, 2.05) is 0 Å².